The van der Waals surface area contributed by atoms with E-state index in [9.17, 15) is 4.39 Å². The summed E-state index contributed by atoms with van der Waals surface area (Å²) in [5, 5.41) is 0. The van der Waals surface area contributed by atoms with E-state index in [0.29, 0.717) is 12.3 Å². The first-order valence-electron chi connectivity index (χ1n) is 4.49. The van der Waals surface area contributed by atoms with Crippen LogP contribution in [-0.4, -0.2) is 0 Å². The van der Waals surface area contributed by atoms with E-state index in [2.05, 4.69) is 19.1 Å². The minimum Gasteiger partial charge on any atom is -0.212 e. The molecule has 2 aliphatic rings. The van der Waals surface area contributed by atoms with Crippen LogP contribution in [0, 0.1) is 5.92 Å². The van der Waals surface area contributed by atoms with Crippen molar-refractivity contribution < 1.29 is 4.39 Å². The average Bonchev–Trinajstić information content (AvgIpc) is 2.05. The minimum absolute atomic E-state index is 0.0467. The molecule has 2 aliphatic carbocycles. The van der Waals surface area contributed by atoms with Crippen molar-refractivity contribution in [3.63, 3.8) is 0 Å². The quantitative estimate of drug-likeness (QED) is 0.513. The van der Waals surface area contributed by atoms with E-state index in [4.69, 9.17) is 0 Å². The lowest BCUT2D eigenvalue weighted by Gasteiger charge is -2.25. The van der Waals surface area contributed by atoms with Gasteiger partial charge in [-0.15, -0.1) is 0 Å². The van der Waals surface area contributed by atoms with Crippen LogP contribution in [0.25, 0.3) is 0 Å². The molecule has 0 aromatic heterocycles. The maximum Gasteiger partial charge on any atom is 0.100 e. The van der Waals surface area contributed by atoms with Gasteiger partial charge in [-0.25, -0.2) is 4.39 Å². The summed E-state index contributed by atoms with van der Waals surface area (Å²) in [7, 11) is 0. The second-order valence-corrected chi connectivity index (χ2v) is 3.71. The molecule has 0 saturated heterocycles. The molecule has 0 saturated carbocycles. The first kappa shape index (κ1) is 7.78. The van der Waals surface area contributed by atoms with Crippen molar-refractivity contribution in [2.75, 3.05) is 0 Å². The number of fused-ring (bicyclic) bond motifs is 1. The van der Waals surface area contributed by atoms with Gasteiger partial charge in [0.25, 0.3) is 0 Å². The standard InChI is InChI=1S/C11H13F/c1-8-2-3-10-7-11(12)5-4-9(10)6-8/h2-3,7,9H,4-6H2,1H3/t9-/m1/s1. The summed E-state index contributed by atoms with van der Waals surface area (Å²) in [5.41, 5.74) is 2.60. The summed E-state index contributed by atoms with van der Waals surface area (Å²) < 4.78 is 12.9. The van der Waals surface area contributed by atoms with Gasteiger partial charge >= 0.3 is 0 Å². The lowest BCUT2D eigenvalue weighted by molar-refractivity contribution is 0.475. The maximum absolute atomic E-state index is 12.9. The highest BCUT2D eigenvalue weighted by Crippen LogP contribution is 2.35. The third-order valence-corrected chi connectivity index (χ3v) is 2.65. The van der Waals surface area contributed by atoms with Gasteiger partial charge in [0.05, 0.1) is 0 Å². The van der Waals surface area contributed by atoms with Crippen molar-refractivity contribution in [1.82, 2.24) is 0 Å². The van der Waals surface area contributed by atoms with E-state index >= 15 is 0 Å². The Labute approximate surface area is 72.5 Å². The molecular formula is C11H13F. The zero-order valence-corrected chi connectivity index (χ0v) is 7.31. The smallest absolute Gasteiger partial charge is 0.100 e. The normalized spacial score (nSPS) is 28.5. The van der Waals surface area contributed by atoms with Crippen LogP contribution in [-0.2, 0) is 0 Å². The first-order valence-corrected chi connectivity index (χ1v) is 4.49. The molecule has 12 heavy (non-hydrogen) atoms. The van der Waals surface area contributed by atoms with Crippen LogP contribution in [0.4, 0.5) is 4.39 Å². The number of halogens is 1. The second-order valence-electron chi connectivity index (χ2n) is 3.71. The maximum atomic E-state index is 12.9. The van der Waals surface area contributed by atoms with Gasteiger partial charge in [0.1, 0.15) is 5.83 Å². The van der Waals surface area contributed by atoms with Crippen molar-refractivity contribution in [2.45, 2.75) is 26.2 Å². The van der Waals surface area contributed by atoms with Crippen LogP contribution in [0.2, 0.25) is 0 Å². The third-order valence-electron chi connectivity index (χ3n) is 2.65. The Morgan fingerprint density at radius 3 is 3.08 bits per heavy atom. The Hall–Kier alpha value is -0.850. The predicted molar refractivity (Wildman–Crippen MR) is 48.4 cm³/mol. The molecule has 0 N–H and O–H groups in total. The summed E-state index contributed by atoms with van der Waals surface area (Å²) in [6.07, 6.45) is 8.60. The average molecular weight is 164 g/mol. The van der Waals surface area contributed by atoms with Crippen molar-refractivity contribution >= 4 is 0 Å². The van der Waals surface area contributed by atoms with E-state index in [1.54, 1.807) is 6.08 Å². The molecule has 0 aliphatic heterocycles. The number of rotatable bonds is 0. The van der Waals surface area contributed by atoms with Gasteiger partial charge in [0, 0.05) is 0 Å². The van der Waals surface area contributed by atoms with Crippen molar-refractivity contribution in [2.24, 2.45) is 5.92 Å². The van der Waals surface area contributed by atoms with Gasteiger partial charge in [0.2, 0.25) is 0 Å². The molecule has 1 heteroatoms. The van der Waals surface area contributed by atoms with Gasteiger partial charge < -0.3 is 0 Å². The molecule has 0 fully saturated rings. The highest BCUT2D eigenvalue weighted by molar-refractivity contribution is 5.35. The highest BCUT2D eigenvalue weighted by Gasteiger charge is 2.20. The Morgan fingerprint density at radius 1 is 1.42 bits per heavy atom. The number of hydrogen-bond donors (Lipinski definition) is 0. The first-order chi connectivity index (χ1) is 5.75. The Bertz CT molecular complexity index is 281. The fraction of sp³-hybridized carbons (Fsp3) is 0.455. The lowest BCUT2D eigenvalue weighted by atomic mass is 9.81. The van der Waals surface area contributed by atoms with Crippen molar-refractivity contribution in [3.05, 3.63) is 35.2 Å². The Kier molecular flexibility index (Phi) is 1.87. The monoisotopic (exact) mass is 164 g/mol. The second kappa shape index (κ2) is 2.89. The molecule has 0 radical (unpaired) electrons. The van der Waals surface area contributed by atoms with Crippen LogP contribution in [0.5, 0.6) is 0 Å². The summed E-state index contributed by atoms with van der Waals surface area (Å²) in [5.74, 6) is 0.639. The molecule has 0 unspecified atom stereocenters. The van der Waals surface area contributed by atoms with Crippen LogP contribution in [0.3, 0.4) is 0 Å². The molecule has 0 amide bonds. The van der Waals surface area contributed by atoms with Crippen LogP contribution < -0.4 is 0 Å². The fourth-order valence-corrected chi connectivity index (χ4v) is 1.95. The topological polar surface area (TPSA) is 0 Å². The molecule has 1 atom stereocenters. The van der Waals surface area contributed by atoms with Gasteiger partial charge in [0.15, 0.2) is 0 Å². The lowest BCUT2D eigenvalue weighted by Crippen LogP contribution is -2.10. The fourth-order valence-electron chi connectivity index (χ4n) is 1.95. The van der Waals surface area contributed by atoms with E-state index in [0.717, 1.165) is 12.8 Å². The van der Waals surface area contributed by atoms with Crippen molar-refractivity contribution in [1.29, 1.82) is 0 Å². The molecule has 64 valence electrons. The SMILES string of the molecule is CC1=CC=C2C=C(F)CC[C@@H]2C1. The van der Waals surface area contributed by atoms with Gasteiger partial charge in [-0.05, 0) is 43.8 Å². The molecule has 0 nitrogen and oxygen atoms in total. The molecule has 0 heterocycles. The van der Waals surface area contributed by atoms with Gasteiger partial charge in [-0.3, -0.25) is 0 Å². The molecule has 0 spiro atoms. The summed E-state index contributed by atoms with van der Waals surface area (Å²) >= 11 is 0. The van der Waals surface area contributed by atoms with Crippen LogP contribution in [0.1, 0.15) is 26.2 Å². The molecule has 0 aromatic rings. The molecule has 0 bridgehead atoms. The zero-order valence-electron chi connectivity index (χ0n) is 7.31. The van der Waals surface area contributed by atoms with Crippen LogP contribution >= 0.6 is 0 Å². The Balaban J connectivity index is 2.29. The molecule has 0 aromatic carbocycles. The van der Waals surface area contributed by atoms with E-state index in [-0.39, 0.29) is 5.83 Å². The largest absolute Gasteiger partial charge is 0.212 e. The summed E-state index contributed by atoms with van der Waals surface area (Å²) in [6, 6.07) is 0. The predicted octanol–water partition coefficient (Wildman–Crippen LogP) is 3.53. The van der Waals surface area contributed by atoms with E-state index in [1.165, 1.54) is 11.1 Å². The van der Waals surface area contributed by atoms with Crippen molar-refractivity contribution in [3.8, 4) is 0 Å². The van der Waals surface area contributed by atoms with Crippen LogP contribution in [0.15, 0.2) is 35.2 Å². The van der Waals surface area contributed by atoms with E-state index < -0.39 is 0 Å². The van der Waals surface area contributed by atoms with Gasteiger partial charge in [-0.1, -0.05) is 17.7 Å². The van der Waals surface area contributed by atoms with Gasteiger partial charge in [-0.2, -0.15) is 0 Å². The minimum atomic E-state index is 0.0467. The highest BCUT2D eigenvalue weighted by atomic mass is 19.1. The molecular weight excluding hydrogens is 151 g/mol. The summed E-state index contributed by atoms with van der Waals surface area (Å²) in [4.78, 5) is 0. The number of hydrogen-bond acceptors (Lipinski definition) is 0. The molecule has 2 rings (SSSR count). The Morgan fingerprint density at radius 2 is 2.25 bits per heavy atom. The third kappa shape index (κ3) is 1.36. The zero-order chi connectivity index (χ0) is 8.55. The van der Waals surface area contributed by atoms with E-state index in [1.807, 2.05) is 0 Å². The summed E-state index contributed by atoms with van der Waals surface area (Å²) in [6.45, 7) is 2.14. The number of allylic oxidation sites excluding steroid dienone is 6.